The summed E-state index contributed by atoms with van der Waals surface area (Å²) in [7, 11) is 1.35. The van der Waals surface area contributed by atoms with E-state index >= 15 is 0 Å². The predicted octanol–water partition coefficient (Wildman–Crippen LogP) is 2.54. The van der Waals surface area contributed by atoms with Gasteiger partial charge in [0.15, 0.2) is 0 Å². The Hall–Kier alpha value is -1.61. The van der Waals surface area contributed by atoms with Gasteiger partial charge in [0.1, 0.15) is 17.2 Å². The van der Waals surface area contributed by atoms with Crippen molar-refractivity contribution in [3.8, 4) is 0 Å². The Bertz CT molecular complexity index is 610. The van der Waals surface area contributed by atoms with E-state index in [1.54, 1.807) is 0 Å². The van der Waals surface area contributed by atoms with Gasteiger partial charge in [-0.15, -0.1) is 11.3 Å². The predicted molar refractivity (Wildman–Crippen MR) is 73.9 cm³/mol. The molecule has 2 rings (SSSR count). The van der Waals surface area contributed by atoms with E-state index < -0.39 is 12.7 Å². The average molecular weight is 305 g/mol. The van der Waals surface area contributed by atoms with Crippen molar-refractivity contribution in [3.63, 3.8) is 0 Å². The van der Waals surface area contributed by atoms with Gasteiger partial charge in [0, 0.05) is 11.9 Å². The highest BCUT2D eigenvalue weighted by molar-refractivity contribution is 7.18. The average Bonchev–Trinajstić information content (AvgIpc) is 2.77. The van der Waals surface area contributed by atoms with Gasteiger partial charge in [-0.3, -0.25) is 5.43 Å². The monoisotopic (exact) mass is 305 g/mol. The molecule has 0 amide bonds. The third kappa shape index (κ3) is 3.10. The zero-order valence-corrected chi connectivity index (χ0v) is 11.8. The van der Waals surface area contributed by atoms with E-state index in [0.29, 0.717) is 10.2 Å². The summed E-state index contributed by atoms with van der Waals surface area (Å²) < 4.78 is 37.6. The van der Waals surface area contributed by atoms with Crippen LogP contribution >= 0.6 is 11.3 Å². The standard InChI is InChI=1S/C11H14F3N5S/c1-3-6-4-7-8(19(2)5-11(12,13)14)16-10(18-15)17-9(7)20-6/h4H,3,5,15H2,1-2H3,(H,16,17,18). The Morgan fingerprint density at radius 3 is 2.65 bits per heavy atom. The third-order valence-corrected chi connectivity index (χ3v) is 3.85. The number of aryl methyl sites for hydroxylation is 1. The molecular formula is C11H14F3N5S. The lowest BCUT2D eigenvalue weighted by atomic mass is 10.3. The van der Waals surface area contributed by atoms with Crippen molar-refractivity contribution in [1.29, 1.82) is 0 Å². The molecule has 0 spiro atoms. The molecule has 2 heterocycles. The Morgan fingerprint density at radius 2 is 2.10 bits per heavy atom. The van der Waals surface area contributed by atoms with Gasteiger partial charge in [-0.25, -0.2) is 10.8 Å². The number of anilines is 2. The molecule has 0 radical (unpaired) electrons. The van der Waals surface area contributed by atoms with Gasteiger partial charge in [-0.05, 0) is 12.5 Å². The fraction of sp³-hybridized carbons (Fsp3) is 0.455. The lowest BCUT2D eigenvalue weighted by molar-refractivity contribution is -0.119. The van der Waals surface area contributed by atoms with Gasteiger partial charge in [0.2, 0.25) is 5.95 Å². The number of alkyl halides is 3. The molecule has 9 heteroatoms. The summed E-state index contributed by atoms with van der Waals surface area (Å²) in [6.45, 7) is 0.889. The number of aromatic nitrogens is 2. The second kappa shape index (κ2) is 5.41. The molecule has 0 fully saturated rings. The normalized spacial score (nSPS) is 11.9. The third-order valence-electron chi connectivity index (χ3n) is 2.68. The molecule has 0 aromatic carbocycles. The summed E-state index contributed by atoms with van der Waals surface area (Å²) in [6, 6.07) is 1.82. The highest BCUT2D eigenvalue weighted by Crippen LogP contribution is 2.32. The first-order valence-electron chi connectivity index (χ1n) is 5.89. The molecule has 0 aliphatic carbocycles. The van der Waals surface area contributed by atoms with Crippen LogP contribution in [-0.2, 0) is 6.42 Å². The van der Waals surface area contributed by atoms with Crippen LogP contribution in [-0.4, -0.2) is 29.7 Å². The molecule has 0 aliphatic rings. The number of nitrogen functional groups attached to an aromatic ring is 1. The first-order valence-corrected chi connectivity index (χ1v) is 6.70. The van der Waals surface area contributed by atoms with E-state index in [4.69, 9.17) is 5.84 Å². The number of rotatable bonds is 4. The number of fused-ring (bicyclic) bond motifs is 1. The van der Waals surface area contributed by atoms with Gasteiger partial charge >= 0.3 is 6.18 Å². The molecule has 0 atom stereocenters. The number of hydrogen-bond acceptors (Lipinski definition) is 6. The van der Waals surface area contributed by atoms with Crippen LogP contribution < -0.4 is 16.2 Å². The van der Waals surface area contributed by atoms with E-state index in [1.165, 1.54) is 18.4 Å². The van der Waals surface area contributed by atoms with Crippen LogP contribution in [0.5, 0.6) is 0 Å². The fourth-order valence-corrected chi connectivity index (χ4v) is 2.79. The molecule has 0 aliphatic heterocycles. The Morgan fingerprint density at radius 1 is 1.40 bits per heavy atom. The maximum atomic E-state index is 12.5. The summed E-state index contributed by atoms with van der Waals surface area (Å²) in [5, 5.41) is 0.609. The zero-order valence-electron chi connectivity index (χ0n) is 11.0. The van der Waals surface area contributed by atoms with Gasteiger partial charge in [0.25, 0.3) is 0 Å². The molecule has 5 nitrogen and oxygen atoms in total. The van der Waals surface area contributed by atoms with E-state index in [2.05, 4.69) is 15.4 Å². The second-order valence-corrected chi connectivity index (χ2v) is 5.39. The molecule has 20 heavy (non-hydrogen) atoms. The minimum atomic E-state index is -4.30. The lowest BCUT2D eigenvalue weighted by Gasteiger charge is -2.20. The molecule has 0 saturated carbocycles. The van der Waals surface area contributed by atoms with E-state index in [0.717, 1.165) is 16.2 Å². The van der Waals surface area contributed by atoms with Crippen molar-refractivity contribution in [2.24, 2.45) is 5.84 Å². The SMILES string of the molecule is CCc1cc2c(N(C)CC(F)(F)F)nc(NN)nc2s1. The number of hydrogen-bond donors (Lipinski definition) is 2. The van der Waals surface area contributed by atoms with Crippen LogP contribution in [0.1, 0.15) is 11.8 Å². The summed E-state index contributed by atoms with van der Waals surface area (Å²) in [5.41, 5.74) is 2.28. The minimum Gasteiger partial charge on any atom is -0.350 e. The van der Waals surface area contributed by atoms with Crippen molar-refractivity contribution >= 4 is 33.3 Å². The number of nitrogens with two attached hydrogens (primary N) is 1. The summed E-state index contributed by atoms with van der Waals surface area (Å²) in [6.07, 6.45) is -3.51. The maximum Gasteiger partial charge on any atom is 0.405 e. The second-order valence-electron chi connectivity index (χ2n) is 4.27. The highest BCUT2D eigenvalue weighted by atomic mass is 32.1. The molecule has 110 valence electrons. The van der Waals surface area contributed by atoms with Crippen molar-refractivity contribution in [2.75, 3.05) is 23.9 Å². The molecule has 0 bridgehead atoms. The van der Waals surface area contributed by atoms with Gasteiger partial charge in [-0.1, -0.05) is 6.92 Å². The van der Waals surface area contributed by atoms with Crippen molar-refractivity contribution in [2.45, 2.75) is 19.5 Å². The number of thiophene rings is 1. The highest BCUT2D eigenvalue weighted by Gasteiger charge is 2.30. The first kappa shape index (κ1) is 14.8. The van der Waals surface area contributed by atoms with E-state index in [1.807, 2.05) is 13.0 Å². The molecule has 0 saturated heterocycles. The Balaban J connectivity index is 2.51. The van der Waals surface area contributed by atoms with Crippen molar-refractivity contribution in [1.82, 2.24) is 9.97 Å². The number of nitrogens with zero attached hydrogens (tertiary/aromatic N) is 3. The van der Waals surface area contributed by atoms with E-state index in [9.17, 15) is 13.2 Å². The molecule has 0 unspecified atom stereocenters. The first-order chi connectivity index (χ1) is 9.34. The quantitative estimate of drug-likeness (QED) is 0.671. The van der Waals surface area contributed by atoms with Crippen LogP contribution in [0.25, 0.3) is 10.2 Å². The number of halogens is 3. The molecule has 3 N–H and O–H groups in total. The topological polar surface area (TPSA) is 67.1 Å². The Labute approximate surface area is 117 Å². The van der Waals surface area contributed by atoms with Crippen LogP contribution in [0.2, 0.25) is 0 Å². The maximum absolute atomic E-state index is 12.5. The Kier molecular flexibility index (Phi) is 4.00. The molecule has 2 aromatic heterocycles. The van der Waals surface area contributed by atoms with Gasteiger partial charge < -0.3 is 4.90 Å². The van der Waals surface area contributed by atoms with Crippen LogP contribution in [0.4, 0.5) is 24.9 Å². The molecule has 2 aromatic rings. The number of nitrogens with one attached hydrogen (secondary N) is 1. The van der Waals surface area contributed by atoms with Crippen molar-refractivity contribution in [3.05, 3.63) is 10.9 Å². The zero-order chi connectivity index (χ0) is 14.9. The van der Waals surface area contributed by atoms with Crippen LogP contribution in [0.3, 0.4) is 0 Å². The fourth-order valence-electron chi connectivity index (χ4n) is 1.83. The number of hydrazine groups is 1. The van der Waals surface area contributed by atoms with Crippen LogP contribution in [0.15, 0.2) is 6.07 Å². The lowest BCUT2D eigenvalue weighted by Crippen LogP contribution is -2.31. The van der Waals surface area contributed by atoms with Gasteiger partial charge in [-0.2, -0.15) is 18.2 Å². The largest absolute Gasteiger partial charge is 0.405 e. The smallest absolute Gasteiger partial charge is 0.350 e. The van der Waals surface area contributed by atoms with Crippen LogP contribution in [0, 0.1) is 0 Å². The summed E-state index contributed by atoms with van der Waals surface area (Å²) in [5.74, 6) is 5.59. The summed E-state index contributed by atoms with van der Waals surface area (Å²) in [4.78, 5) is 10.9. The summed E-state index contributed by atoms with van der Waals surface area (Å²) >= 11 is 1.42. The minimum absolute atomic E-state index is 0.103. The van der Waals surface area contributed by atoms with Gasteiger partial charge in [0.05, 0.1) is 5.39 Å². The molecular weight excluding hydrogens is 291 g/mol. The van der Waals surface area contributed by atoms with Crippen molar-refractivity contribution < 1.29 is 13.2 Å². The van der Waals surface area contributed by atoms with E-state index in [-0.39, 0.29) is 11.8 Å².